The third kappa shape index (κ3) is 5.22. The molecule has 0 saturated carbocycles. The van der Waals surface area contributed by atoms with Gasteiger partial charge in [-0.15, -0.1) is 10.2 Å². The van der Waals surface area contributed by atoms with E-state index >= 15 is 0 Å². The van der Waals surface area contributed by atoms with Crippen LogP contribution in [0.3, 0.4) is 0 Å². The lowest BCUT2D eigenvalue weighted by atomic mass is 10.1. The molecule has 0 aliphatic heterocycles. The highest BCUT2D eigenvalue weighted by molar-refractivity contribution is 7.85. The second kappa shape index (κ2) is 9.77. The number of rotatable bonds is 6. The van der Waals surface area contributed by atoms with E-state index < -0.39 is 19.9 Å². The van der Waals surface area contributed by atoms with E-state index in [2.05, 4.69) is 25.3 Å². The number of phenolic OH excluding ortho intramolecular Hbond substituents is 1. The first-order valence-electron chi connectivity index (χ1n) is 10.2. The number of anilines is 1. The van der Waals surface area contributed by atoms with Gasteiger partial charge in [-0.1, -0.05) is 12.1 Å². The van der Waals surface area contributed by atoms with Crippen LogP contribution in [0.5, 0.6) is 5.75 Å². The minimum Gasteiger partial charge on any atom is -0.505 e. The second-order valence-electron chi connectivity index (χ2n) is 7.44. The quantitative estimate of drug-likeness (QED) is 0.0633. The molecule has 0 aliphatic carbocycles. The highest BCUT2D eigenvalue weighted by Crippen LogP contribution is 2.43. The summed E-state index contributed by atoms with van der Waals surface area (Å²) in [6, 6.07) is 15.0. The van der Waals surface area contributed by atoms with E-state index in [0.29, 0.717) is 11.1 Å². The van der Waals surface area contributed by atoms with Crippen LogP contribution in [-0.4, -0.2) is 23.0 Å². The van der Waals surface area contributed by atoms with Gasteiger partial charge in [-0.2, -0.15) is 18.6 Å². The molecule has 0 aliphatic rings. The molecule has 4 N–H and O–H groups in total. The number of benzene rings is 4. The van der Waals surface area contributed by atoms with Crippen LogP contribution in [0.25, 0.3) is 15.6 Å². The van der Waals surface area contributed by atoms with Crippen LogP contribution in [0.4, 0.5) is 39.8 Å². The molecule has 37 heavy (non-hydrogen) atoms. The van der Waals surface area contributed by atoms with E-state index in [1.807, 2.05) is 0 Å². The Kier molecular flexibility index (Phi) is 6.57. The zero-order valence-corrected chi connectivity index (χ0v) is 19.4. The van der Waals surface area contributed by atoms with Crippen LogP contribution < -0.4 is 5.73 Å². The van der Waals surface area contributed by atoms with Gasteiger partial charge in [-0.3, -0.25) is 14.7 Å². The molecule has 14 heteroatoms. The number of azo groups is 2. The molecular weight excluding hydrogens is 502 g/mol. The standard InChI is InChI=1S/C23H15N7O6S/c1-25-20-12-16(37(34,35)36)8-11-17(20)27-28-18-9-2-13-3-10-19(23(31)21(13)22(18)24)29-26-14-4-6-15(7-5-14)30(32)33/h2-12,31H,24H2,(H,34,35,36). The normalized spacial score (nSPS) is 11.8. The molecule has 13 nitrogen and oxygen atoms in total. The lowest BCUT2D eigenvalue weighted by molar-refractivity contribution is -0.384. The number of nitrogens with two attached hydrogens (primary N) is 1. The first-order chi connectivity index (χ1) is 17.6. The van der Waals surface area contributed by atoms with Gasteiger partial charge in [0.1, 0.15) is 11.4 Å². The van der Waals surface area contributed by atoms with E-state index in [1.54, 1.807) is 18.2 Å². The number of nitro benzene ring substituents is 1. The third-order valence-electron chi connectivity index (χ3n) is 5.12. The van der Waals surface area contributed by atoms with Gasteiger partial charge in [0.2, 0.25) is 5.69 Å². The zero-order valence-electron chi connectivity index (χ0n) is 18.5. The van der Waals surface area contributed by atoms with Crippen molar-refractivity contribution in [2.45, 2.75) is 4.90 Å². The monoisotopic (exact) mass is 517 g/mol. The van der Waals surface area contributed by atoms with E-state index in [-0.39, 0.29) is 45.3 Å². The number of non-ortho nitro benzene ring substituents is 1. The third-order valence-corrected chi connectivity index (χ3v) is 5.97. The van der Waals surface area contributed by atoms with Gasteiger partial charge in [0.25, 0.3) is 15.8 Å². The van der Waals surface area contributed by atoms with Gasteiger partial charge in [-0.05, 0) is 47.9 Å². The molecule has 0 unspecified atom stereocenters. The van der Waals surface area contributed by atoms with Crippen molar-refractivity contribution in [2.24, 2.45) is 20.5 Å². The summed E-state index contributed by atoms with van der Waals surface area (Å²) in [4.78, 5) is 13.0. The van der Waals surface area contributed by atoms with E-state index in [0.717, 1.165) is 12.1 Å². The van der Waals surface area contributed by atoms with Gasteiger partial charge in [0.05, 0.1) is 38.8 Å². The molecule has 0 radical (unpaired) electrons. The molecule has 184 valence electrons. The van der Waals surface area contributed by atoms with Crippen LogP contribution in [0.1, 0.15) is 0 Å². The van der Waals surface area contributed by atoms with E-state index in [4.69, 9.17) is 16.9 Å². The maximum atomic E-state index is 11.3. The number of nitro groups is 1. The molecule has 4 aromatic rings. The fraction of sp³-hybridized carbons (Fsp3) is 0. The summed E-state index contributed by atoms with van der Waals surface area (Å²) in [7, 11) is -4.49. The van der Waals surface area contributed by atoms with Gasteiger partial charge in [0, 0.05) is 12.1 Å². The first kappa shape index (κ1) is 24.9. The van der Waals surface area contributed by atoms with Crippen molar-refractivity contribution in [3.05, 3.63) is 88.3 Å². The Labute approximate surface area is 209 Å². The Hall–Kier alpha value is -5.26. The largest absolute Gasteiger partial charge is 0.505 e. The Bertz CT molecular complexity index is 1760. The second-order valence-corrected chi connectivity index (χ2v) is 8.86. The Morgan fingerprint density at radius 3 is 2.11 bits per heavy atom. The van der Waals surface area contributed by atoms with E-state index in [1.165, 1.54) is 36.4 Å². The molecule has 4 aromatic carbocycles. The van der Waals surface area contributed by atoms with E-state index in [9.17, 15) is 23.6 Å². The average Bonchev–Trinajstić information content (AvgIpc) is 2.87. The zero-order chi connectivity index (χ0) is 26.7. The van der Waals surface area contributed by atoms with Crippen LogP contribution >= 0.6 is 0 Å². The van der Waals surface area contributed by atoms with Crippen molar-refractivity contribution in [2.75, 3.05) is 5.73 Å². The number of nitrogen functional groups attached to an aromatic ring is 1. The molecule has 0 atom stereocenters. The maximum absolute atomic E-state index is 11.3. The molecule has 0 saturated heterocycles. The maximum Gasteiger partial charge on any atom is 0.293 e. The minimum absolute atomic E-state index is 0.0387. The summed E-state index contributed by atoms with van der Waals surface area (Å²) in [5, 5.41) is 38.4. The van der Waals surface area contributed by atoms with Crippen molar-refractivity contribution in [1.29, 1.82) is 0 Å². The lowest BCUT2D eigenvalue weighted by Gasteiger charge is -2.09. The summed E-state index contributed by atoms with van der Waals surface area (Å²) in [5.41, 5.74) is 6.65. The van der Waals surface area contributed by atoms with Crippen LogP contribution in [0.15, 0.2) is 92.1 Å². The number of nitrogens with zero attached hydrogens (tertiary/aromatic N) is 6. The van der Waals surface area contributed by atoms with Crippen molar-refractivity contribution < 1.29 is 23.0 Å². The van der Waals surface area contributed by atoms with Crippen molar-refractivity contribution >= 4 is 60.7 Å². The lowest BCUT2D eigenvalue weighted by Crippen LogP contribution is -1.96. The number of hydrogen-bond donors (Lipinski definition) is 3. The topological polar surface area (TPSA) is 198 Å². The number of aromatic hydroxyl groups is 1. The molecule has 0 amide bonds. The van der Waals surface area contributed by atoms with Crippen LogP contribution in [0, 0.1) is 16.7 Å². The smallest absolute Gasteiger partial charge is 0.293 e. The summed E-state index contributed by atoms with van der Waals surface area (Å²) in [6.07, 6.45) is 0. The van der Waals surface area contributed by atoms with Crippen LogP contribution in [-0.2, 0) is 10.1 Å². The Morgan fingerprint density at radius 2 is 1.49 bits per heavy atom. The fourth-order valence-corrected chi connectivity index (χ4v) is 3.77. The highest BCUT2D eigenvalue weighted by Gasteiger charge is 2.15. The summed E-state index contributed by atoms with van der Waals surface area (Å²) >= 11 is 0. The summed E-state index contributed by atoms with van der Waals surface area (Å²) in [5.74, 6) is -0.280. The number of fused-ring (bicyclic) bond motifs is 1. The van der Waals surface area contributed by atoms with Gasteiger partial charge < -0.3 is 10.8 Å². The first-order valence-corrected chi connectivity index (χ1v) is 11.6. The average molecular weight is 517 g/mol. The minimum atomic E-state index is -4.49. The van der Waals surface area contributed by atoms with Gasteiger partial charge in [0.15, 0.2) is 5.75 Å². The molecule has 0 spiro atoms. The predicted molar refractivity (Wildman–Crippen MR) is 134 cm³/mol. The Morgan fingerprint density at radius 1 is 0.892 bits per heavy atom. The number of hydrogen-bond acceptors (Lipinski definition) is 10. The van der Waals surface area contributed by atoms with Gasteiger partial charge >= 0.3 is 0 Å². The molecule has 4 rings (SSSR count). The van der Waals surface area contributed by atoms with Gasteiger partial charge in [-0.25, -0.2) is 4.85 Å². The highest BCUT2D eigenvalue weighted by atomic mass is 32.2. The molecule has 0 aromatic heterocycles. The SMILES string of the molecule is [C-]#[N+]c1cc(S(=O)(=O)O)ccc1N=Nc1ccc2ccc(N=Nc3ccc([N+](=O)[O-])cc3)c(O)c2c1N. The summed E-state index contributed by atoms with van der Waals surface area (Å²) < 4.78 is 31.8. The fourth-order valence-electron chi connectivity index (χ4n) is 3.27. The Balaban J connectivity index is 1.69. The molecule has 0 fully saturated rings. The van der Waals surface area contributed by atoms with Crippen LogP contribution in [0.2, 0.25) is 0 Å². The summed E-state index contributed by atoms with van der Waals surface area (Å²) in [6.45, 7) is 7.24. The number of phenols is 1. The van der Waals surface area contributed by atoms with Crippen molar-refractivity contribution in [3.8, 4) is 5.75 Å². The van der Waals surface area contributed by atoms with Crippen molar-refractivity contribution in [3.63, 3.8) is 0 Å². The molecular formula is C23H15N7O6S. The van der Waals surface area contributed by atoms with Crippen molar-refractivity contribution in [1.82, 2.24) is 0 Å². The molecule has 0 heterocycles. The predicted octanol–water partition coefficient (Wildman–Crippen LogP) is 6.66. The molecule has 0 bridgehead atoms.